The van der Waals surface area contributed by atoms with Crippen molar-refractivity contribution in [3.05, 3.63) is 18.1 Å². The van der Waals surface area contributed by atoms with E-state index < -0.39 is 12.8 Å². The first-order valence-electron chi connectivity index (χ1n) is 3.92. The average Bonchev–Trinajstić information content (AvgIpc) is 2.25. The summed E-state index contributed by atoms with van der Waals surface area (Å²) in [5.74, 6) is -0.596. The fraction of sp³-hybridized carbons (Fsp3) is 0.286. The van der Waals surface area contributed by atoms with Crippen LogP contribution in [0.3, 0.4) is 0 Å². The summed E-state index contributed by atoms with van der Waals surface area (Å²) in [7, 11) is 0. The third-order valence-corrected chi connectivity index (χ3v) is 1.38. The number of amidine groups is 1. The van der Waals surface area contributed by atoms with E-state index in [1.165, 1.54) is 0 Å². The molecule has 1 heterocycles. The molecule has 16 heavy (non-hydrogen) atoms. The molecule has 0 fully saturated rings. The number of oxime groups is 1. The molecule has 1 rings (SSSR count). The minimum absolute atomic E-state index is 0.0295. The van der Waals surface area contributed by atoms with Crippen molar-refractivity contribution in [3.63, 3.8) is 0 Å². The summed E-state index contributed by atoms with van der Waals surface area (Å²) in [6.07, 6.45) is -2.47. The Balaban J connectivity index is 2.65. The summed E-state index contributed by atoms with van der Waals surface area (Å²) in [4.78, 5) is 7.07. The fourth-order valence-corrected chi connectivity index (χ4v) is 0.730. The molecule has 1 aromatic heterocycles. The van der Waals surface area contributed by atoms with Gasteiger partial charge in [0.15, 0.2) is 12.4 Å². The smallest absolute Gasteiger partial charge is 0.422 e. The van der Waals surface area contributed by atoms with Crippen molar-refractivity contribution in [1.82, 2.24) is 9.97 Å². The number of rotatable bonds is 3. The minimum Gasteiger partial charge on any atom is -0.467 e. The highest BCUT2D eigenvalue weighted by Crippen LogP contribution is 2.16. The second-order valence-electron chi connectivity index (χ2n) is 2.63. The largest absolute Gasteiger partial charge is 0.467 e. The lowest BCUT2D eigenvalue weighted by atomic mass is 10.4. The van der Waals surface area contributed by atoms with Crippen LogP contribution in [0.25, 0.3) is 0 Å². The number of hydrogen-bond acceptors (Lipinski definition) is 5. The lowest BCUT2D eigenvalue weighted by Crippen LogP contribution is -2.20. The number of alkyl halides is 3. The molecule has 0 aliphatic heterocycles. The van der Waals surface area contributed by atoms with Gasteiger partial charge in [0.2, 0.25) is 5.88 Å². The molecule has 0 aliphatic carbocycles. The Morgan fingerprint density at radius 3 is 2.56 bits per heavy atom. The number of ether oxygens (including phenoxy) is 1. The molecule has 0 radical (unpaired) electrons. The molecule has 88 valence electrons. The lowest BCUT2D eigenvalue weighted by Gasteiger charge is -2.07. The highest BCUT2D eigenvalue weighted by molar-refractivity contribution is 5.94. The van der Waals surface area contributed by atoms with Crippen LogP contribution in [0.4, 0.5) is 13.2 Å². The van der Waals surface area contributed by atoms with E-state index >= 15 is 0 Å². The minimum atomic E-state index is -4.44. The SMILES string of the molecule is N/C(=N\O)c1cnc(OCC(F)(F)F)cn1. The molecule has 0 spiro atoms. The number of halogens is 3. The molecular weight excluding hydrogens is 229 g/mol. The molecular formula is C7H7F3N4O2. The van der Waals surface area contributed by atoms with Crippen LogP contribution in [-0.2, 0) is 0 Å². The third kappa shape index (κ3) is 3.59. The van der Waals surface area contributed by atoms with E-state index in [-0.39, 0.29) is 17.4 Å². The van der Waals surface area contributed by atoms with Crippen LogP contribution < -0.4 is 10.5 Å². The summed E-state index contributed by atoms with van der Waals surface area (Å²) in [5, 5.41) is 10.9. The Labute approximate surface area is 87.6 Å². The normalized spacial score (nSPS) is 12.6. The molecule has 0 unspecified atom stereocenters. The molecule has 0 saturated heterocycles. The van der Waals surface area contributed by atoms with Crippen molar-refractivity contribution in [3.8, 4) is 5.88 Å². The van der Waals surface area contributed by atoms with E-state index in [4.69, 9.17) is 10.9 Å². The topological polar surface area (TPSA) is 93.6 Å². The van der Waals surface area contributed by atoms with E-state index in [1.807, 2.05) is 0 Å². The van der Waals surface area contributed by atoms with E-state index in [9.17, 15) is 13.2 Å². The molecule has 6 nitrogen and oxygen atoms in total. The predicted octanol–water partition coefficient (Wildman–Crippen LogP) is 0.512. The Bertz CT molecular complexity index is 376. The number of hydrogen-bond donors (Lipinski definition) is 2. The molecule has 0 saturated carbocycles. The molecule has 3 N–H and O–H groups in total. The lowest BCUT2D eigenvalue weighted by molar-refractivity contribution is -0.154. The van der Waals surface area contributed by atoms with E-state index in [0.717, 1.165) is 12.4 Å². The highest BCUT2D eigenvalue weighted by Gasteiger charge is 2.28. The molecule has 9 heteroatoms. The van der Waals surface area contributed by atoms with Gasteiger partial charge in [0, 0.05) is 0 Å². The summed E-state index contributed by atoms with van der Waals surface area (Å²) < 4.78 is 39.6. The van der Waals surface area contributed by atoms with Gasteiger partial charge in [-0.1, -0.05) is 5.16 Å². The van der Waals surface area contributed by atoms with Gasteiger partial charge in [-0.3, -0.25) is 0 Å². The molecule has 0 aliphatic rings. The first-order valence-corrected chi connectivity index (χ1v) is 3.92. The number of nitrogens with zero attached hydrogens (tertiary/aromatic N) is 3. The van der Waals surface area contributed by atoms with Crippen LogP contribution in [-0.4, -0.2) is 33.8 Å². The van der Waals surface area contributed by atoms with Gasteiger partial charge in [0.05, 0.1) is 12.4 Å². The maximum Gasteiger partial charge on any atom is 0.422 e. The van der Waals surface area contributed by atoms with Gasteiger partial charge < -0.3 is 15.7 Å². The van der Waals surface area contributed by atoms with E-state index in [1.54, 1.807) is 0 Å². The Morgan fingerprint density at radius 2 is 2.12 bits per heavy atom. The average molecular weight is 236 g/mol. The van der Waals surface area contributed by atoms with Gasteiger partial charge in [-0.15, -0.1) is 0 Å². The monoisotopic (exact) mass is 236 g/mol. The van der Waals surface area contributed by atoms with Crippen molar-refractivity contribution in [2.24, 2.45) is 10.9 Å². The van der Waals surface area contributed by atoms with Gasteiger partial charge in [-0.25, -0.2) is 9.97 Å². The van der Waals surface area contributed by atoms with E-state index in [0.29, 0.717) is 0 Å². The first-order chi connectivity index (χ1) is 7.42. The molecule has 1 aromatic rings. The van der Waals surface area contributed by atoms with Crippen molar-refractivity contribution >= 4 is 5.84 Å². The second-order valence-corrected chi connectivity index (χ2v) is 2.63. The standard InChI is InChI=1S/C7H7F3N4O2/c8-7(9,10)3-16-5-2-12-4(1-13-5)6(11)14-15/h1-2,15H,3H2,(H2,11,14). The van der Waals surface area contributed by atoms with Crippen molar-refractivity contribution in [2.45, 2.75) is 6.18 Å². The Kier molecular flexibility index (Phi) is 3.48. The van der Waals surface area contributed by atoms with Gasteiger partial charge in [0.25, 0.3) is 0 Å². The second kappa shape index (κ2) is 4.64. The number of nitrogens with two attached hydrogens (primary N) is 1. The summed E-state index contributed by atoms with van der Waals surface area (Å²) in [6, 6.07) is 0. The van der Waals surface area contributed by atoms with Crippen molar-refractivity contribution < 1.29 is 23.1 Å². The van der Waals surface area contributed by atoms with Crippen molar-refractivity contribution in [1.29, 1.82) is 0 Å². The fourth-order valence-electron chi connectivity index (χ4n) is 0.730. The number of aromatic nitrogens is 2. The summed E-state index contributed by atoms with van der Waals surface area (Å²) >= 11 is 0. The third-order valence-electron chi connectivity index (χ3n) is 1.38. The Morgan fingerprint density at radius 1 is 1.44 bits per heavy atom. The van der Waals surface area contributed by atoms with Crippen LogP contribution in [0.15, 0.2) is 17.5 Å². The van der Waals surface area contributed by atoms with Gasteiger partial charge in [0.1, 0.15) is 5.69 Å². The van der Waals surface area contributed by atoms with Crippen LogP contribution >= 0.6 is 0 Å². The first kappa shape index (κ1) is 12.0. The summed E-state index contributed by atoms with van der Waals surface area (Å²) in [6.45, 7) is -1.45. The van der Waals surface area contributed by atoms with Crippen LogP contribution in [0.1, 0.15) is 5.69 Å². The molecule has 0 atom stereocenters. The van der Waals surface area contributed by atoms with Gasteiger partial charge in [-0.2, -0.15) is 13.2 Å². The molecule has 0 aromatic carbocycles. The summed E-state index contributed by atoms with van der Waals surface area (Å²) in [5.41, 5.74) is 5.19. The van der Waals surface area contributed by atoms with Gasteiger partial charge >= 0.3 is 6.18 Å². The van der Waals surface area contributed by atoms with Crippen LogP contribution in [0.2, 0.25) is 0 Å². The van der Waals surface area contributed by atoms with Gasteiger partial charge in [-0.05, 0) is 0 Å². The Hall–Kier alpha value is -2.06. The van der Waals surface area contributed by atoms with Crippen LogP contribution in [0.5, 0.6) is 5.88 Å². The zero-order chi connectivity index (χ0) is 12.2. The molecule has 0 bridgehead atoms. The van der Waals surface area contributed by atoms with Crippen LogP contribution in [0, 0.1) is 0 Å². The zero-order valence-corrected chi connectivity index (χ0v) is 7.77. The quantitative estimate of drug-likeness (QED) is 0.345. The molecule has 0 amide bonds. The zero-order valence-electron chi connectivity index (χ0n) is 7.77. The maximum absolute atomic E-state index is 11.8. The predicted molar refractivity (Wildman–Crippen MR) is 46.1 cm³/mol. The highest BCUT2D eigenvalue weighted by atomic mass is 19.4. The maximum atomic E-state index is 11.8. The van der Waals surface area contributed by atoms with Crippen molar-refractivity contribution in [2.75, 3.05) is 6.61 Å². The van der Waals surface area contributed by atoms with E-state index in [2.05, 4.69) is 19.9 Å².